The smallest absolute Gasteiger partial charge is 0.228 e. The predicted molar refractivity (Wildman–Crippen MR) is 82.8 cm³/mol. The molecule has 6 heteroatoms. The molecule has 126 valence electrons. The molecule has 2 bridgehead atoms. The van der Waals surface area contributed by atoms with Crippen molar-refractivity contribution in [2.45, 2.75) is 55.2 Å². The van der Waals surface area contributed by atoms with Crippen molar-refractivity contribution in [2.75, 3.05) is 0 Å². The van der Waals surface area contributed by atoms with Crippen LogP contribution in [0.1, 0.15) is 43.2 Å². The summed E-state index contributed by atoms with van der Waals surface area (Å²) >= 11 is 0. The first-order valence-electron chi connectivity index (χ1n) is 7.85. The van der Waals surface area contributed by atoms with Crippen LogP contribution in [0.4, 0.5) is 13.2 Å². The Morgan fingerprint density at radius 3 is 2.61 bits per heavy atom. The van der Waals surface area contributed by atoms with Crippen molar-refractivity contribution in [3.8, 4) is 0 Å². The topological polar surface area (TPSA) is 34.1 Å². The summed E-state index contributed by atoms with van der Waals surface area (Å²) < 4.78 is 62.6. The lowest BCUT2D eigenvalue weighted by atomic mass is 9.93. The molecule has 0 amide bonds. The van der Waals surface area contributed by atoms with E-state index >= 15 is 0 Å². The molecule has 0 saturated carbocycles. The van der Waals surface area contributed by atoms with Crippen molar-refractivity contribution in [1.29, 1.82) is 0 Å². The Morgan fingerprint density at radius 1 is 1.13 bits per heavy atom. The third-order valence-corrected chi connectivity index (χ3v) is 7.35. The highest BCUT2D eigenvalue weighted by Crippen LogP contribution is 2.37. The van der Waals surface area contributed by atoms with Crippen LogP contribution in [0.5, 0.6) is 0 Å². The lowest BCUT2D eigenvalue weighted by Crippen LogP contribution is -2.38. The zero-order valence-corrected chi connectivity index (χ0v) is 13.5. The van der Waals surface area contributed by atoms with E-state index in [-0.39, 0.29) is 10.5 Å². The number of allylic oxidation sites excluding steroid dienone is 1. The van der Waals surface area contributed by atoms with Crippen LogP contribution in [-0.4, -0.2) is 18.9 Å². The van der Waals surface area contributed by atoms with Gasteiger partial charge < -0.3 is 0 Å². The van der Waals surface area contributed by atoms with Gasteiger partial charge in [0, 0.05) is 0 Å². The van der Waals surface area contributed by atoms with Gasteiger partial charge in [-0.1, -0.05) is 36.3 Å². The van der Waals surface area contributed by atoms with Crippen LogP contribution in [0.3, 0.4) is 0 Å². The normalized spacial score (nSPS) is 26.7. The molecule has 0 radical (unpaired) electrons. The highest BCUT2D eigenvalue weighted by molar-refractivity contribution is 7.92. The van der Waals surface area contributed by atoms with Gasteiger partial charge in [-0.15, -0.1) is 0 Å². The first kappa shape index (κ1) is 16.6. The molecule has 2 aliphatic heterocycles. The number of alkyl halides is 3. The maximum absolute atomic E-state index is 12.7. The Kier molecular flexibility index (Phi) is 4.29. The second kappa shape index (κ2) is 5.96. The van der Waals surface area contributed by atoms with Crippen LogP contribution < -0.4 is 0 Å². The number of halogens is 3. The third kappa shape index (κ3) is 3.47. The summed E-state index contributed by atoms with van der Waals surface area (Å²) in [5.41, 5.74) is 1.08. The zero-order valence-electron chi connectivity index (χ0n) is 12.6. The van der Waals surface area contributed by atoms with Crippen molar-refractivity contribution in [3.05, 3.63) is 47.0 Å². The molecule has 1 aromatic carbocycles. The van der Waals surface area contributed by atoms with E-state index < -0.39 is 21.6 Å². The second-order valence-electron chi connectivity index (χ2n) is 6.41. The number of fused-ring (bicyclic) bond motifs is 2. The van der Waals surface area contributed by atoms with Crippen LogP contribution >= 0.6 is 0 Å². The number of hydrogen-bond donors (Lipinski definition) is 0. The van der Waals surface area contributed by atoms with Gasteiger partial charge in [-0.3, -0.25) is 0 Å². The van der Waals surface area contributed by atoms with Gasteiger partial charge in [0.25, 0.3) is 0 Å². The SMILES string of the molecule is O=S1(=O)C2C=C(CCc3cccc(C(F)(F)F)c3)CC1CCC2. The molecule has 2 heterocycles. The summed E-state index contributed by atoms with van der Waals surface area (Å²) in [4.78, 5) is 0. The fourth-order valence-corrected chi connectivity index (χ4v) is 5.85. The summed E-state index contributed by atoms with van der Waals surface area (Å²) in [6, 6.07) is 5.37. The largest absolute Gasteiger partial charge is 0.416 e. The van der Waals surface area contributed by atoms with Crippen molar-refractivity contribution < 1.29 is 21.6 Å². The summed E-state index contributed by atoms with van der Waals surface area (Å²) in [6.07, 6.45) is 1.51. The molecule has 2 unspecified atom stereocenters. The van der Waals surface area contributed by atoms with E-state index in [9.17, 15) is 21.6 Å². The van der Waals surface area contributed by atoms with Gasteiger partial charge in [0.2, 0.25) is 0 Å². The summed E-state index contributed by atoms with van der Waals surface area (Å²) in [7, 11) is -3.03. The molecular formula is C17H19F3O2S. The van der Waals surface area contributed by atoms with Gasteiger partial charge in [-0.25, -0.2) is 8.42 Å². The number of rotatable bonds is 3. The van der Waals surface area contributed by atoms with E-state index in [4.69, 9.17) is 0 Å². The molecular weight excluding hydrogens is 325 g/mol. The molecule has 1 aromatic rings. The van der Waals surface area contributed by atoms with Gasteiger partial charge in [-0.2, -0.15) is 13.2 Å². The lowest BCUT2D eigenvalue weighted by molar-refractivity contribution is -0.137. The molecule has 0 aromatic heterocycles. The molecule has 23 heavy (non-hydrogen) atoms. The first-order valence-corrected chi connectivity index (χ1v) is 9.46. The molecule has 2 aliphatic rings. The first-order chi connectivity index (χ1) is 10.8. The third-order valence-electron chi connectivity index (χ3n) is 4.80. The summed E-state index contributed by atoms with van der Waals surface area (Å²) in [5.74, 6) is 0. The molecule has 3 rings (SSSR count). The number of sulfone groups is 1. The van der Waals surface area contributed by atoms with E-state index in [1.807, 2.05) is 6.08 Å². The highest BCUT2D eigenvalue weighted by atomic mass is 32.2. The molecule has 2 nitrogen and oxygen atoms in total. The maximum Gasteiger partial charge on any atom is 0.416 e. The standard InChI is InChI=1S/C17H19F3O2S/c18-17(19,20)14-4-1-3-12(9-14)7-8-13-10-15-5-2-6-16(11-13)23(15,21)22/h1,3-4,9-10,15-16H,2,5-8,11H2. The van der Waals surface area contributed by atoms with Gasteiger partial charge in [-0.05, 0) is 43.7 Å². The monoisotopic (exact) mass is 344 g/mol. The van der Waals surface area contributed by atoms with E-state index in [0.717, 1.165) is 18.1 Å². The minimum Gasteiger partial charge on any atom is -0.228 e. The van der Waals surface area contributed by atoms with E-state index in [1.165, 1.54) is 12.1 Å². The zero-order chi connectivity index (χ0) is 16.7. The Balaban J connectivity index is 1.71. The minimum absolute atomic E-state index is 0.289. The predicted octanol–water partition coefficient (Wildman–Crippen LogP) is 4.30. The quantitative estimate of drug-likeness (QED) is 0.766. The number of aryl methyl sites for hydroxylation is 1. The molecule has 0 N–H and O–H groups in total. The summed E-state index contributed by atoms with van der Waals surface area (Å²) in [5, 5.41) is -0.672. The molecule has 1 fully saturated rings. The average molecular weight is 344 g/mol. The average Bonchev–Trinajstić information content (AvgIpc) is 2.44. The fourth-order valence-electron chi connectivity index (χ4n) is 3.54. The van der Waals surface area contributed by atoms with Gasteiger partial charge in [0.05, 0.1) is 16.1 Å². The molecule has 1 saturated heterocycles. The molecule has 0 aliphatic carbocycles. The molecule has 0 spiro atoms. The Bertz CT molecular complexity index is 720. The second-order valence-corrected chi connectivity index (χ2v) is 8.86. The number of hydrogen-bond acceptors (Lipinski definition) is 2. The van der Waals surface area contributed by atoms with Crippen LogP contribution in [0.25, 0.3) is 0 Å². The highest BCUT2D eigenvalue weighted by Gasteiger charge is 2.40. The van der Waals surface area contributed by atoms with Crippen LogP contribution in [0, 0.1) is 0 Å². The Labute approximate surface area is 134 Å². The Morgan fingerprint density at radius 2 is 1.91 bits per heavy atom. The van der Waals surface area contributed by atoms with Crippen molar-refractivity contribution in [3.63, 3.8) is 0 Å². The van der Waals surface area contributed by atoms with Crippen molar-refractivity contribution >= 4 is 9.84 Å². The van der Waals surface area contributed by atoms with Crippen LogP contribution in [0.15, 0.2) is 35.9 Å². The van der Waals surface area contributed by atoms with Crippen LogP contribution in [-0.2, 0) is 22.4 Å². The van der Waals surface area contributed by atoms with E-state index in [1.54, 1.807) is 6.07 Å². The number of benzene rings is 1. The fraction of sp³-hybridized carbons (Fsp3) is 0.529. The maximum atomic E-state index is 12.7. The van der Waals surface area contributed by atoms with Crippen molar-refractivity contribution in [2.24, 2.45) is 0 Å². The van der Waals surface area contributed by atoms with Gasteiger partial charge in [0.15, 0.2) is 9.84 Å². The van der Waals surface area contributed by atoms with Gasteiger partial charge in [0.1, 0.15) is 0 Å². The van der Waals surface area contributed by atoms with Crippen LogP contribution in [0.2, 0.25) is 0 Å². The van der Waals surface area contributed by atoms with E-state index in [2.05, 4.69) is 0 Å². The molecule has 2 atom stereocenters. The minimum atomic E-state index is -4.33. The van der Waals surface area contributed by atoms with E-state index in [0.29, 0.717) is 37.7 Å². The van der Waals surface area contributed by atoms with Gasteiger partial charge >= 0.3 is 6.18 Å². The Hall–Kier alpha value is -1.30. The summed E-state index contributed by atoms with van der Waals surface area (Å²) in [6.45, 7) is 0. The van der Waals surface area contributed by atoms with Crippen molar-refractivity contribution in [1.82, 2.24) is 0 Å². The lowest BCUT2D eigenvalue weighted by Gasteiger charge is -2.33.